The fraction of sp³-hybridized carbons (Fsp3) is 0.571. The highest BCUT2D eigenvalue weighted by atomic mass is 16.9. The Morgan fingerprint density at radius 1 is 1.57 bits per heavy atom. The normalized spacial score (nSPS) is 21.3. The molecule has 1 rings (SSSR count). The third kappa shape index (κ3) is 1.99. The SMILES string of the molecule is CNOC(=O)ON1C(=O)CC(C)C1=O. The summed E-state index contributed by atoms with van der Waals surface area (Å²) in [7, 11) is 1.34. The molecule has 1 atom stereocenters. The molecule has 1 N–H and O–H groups in total. The molecule has 1 unspecified atom stereocenters. The molecule has 1 aliphatic heterocycles. The molecule has 1 saturated heterocycles. The van der Waals surface area contributed by atoms with E-state index in [9.17, 15) is 14.4 Å². The van der Waals surface area contributed by atoms with Crippen LogP contribution in [0.15, 0.2) is 0 Å². The molecule has 78 valence electrons. The number of hydrogen-bond acceptors (Lipinski definition) is 6. The maximum atomic E-state index is 11.2. The van der Waals surface area contributed by atoms with E-state index < -0.39 is 23.9 Å². The van der Waals surface area contributed by atoms with Crippen LogP contribution in [0.5, 0.6) is 0 Å². The molecule has 0 bridgehead atoms. The van der Waals surface area contributed by atoms with Gasteiger partial charge < -0.3 is 4.84 Å². The second kappa shape index (κ2) is 4.05. The highest BCUT2D eigenvalue weighted by Gasteiger charge is 2.39. The van der Waals surface area contributed by atoms with E-state index in [0.717, 1.165) is 0 Å². The van der Waals surface area contributed by atoms with E-state index in [1.165, 1.54) is 7.05 Å². The van der Waals surface area contributed by atoms with Gasteiger partial charge in [-0.05, 0) is 0 Å². The fourth-order valence-electron chi connectivity index (χ4n) is 1.03. The van der Waals surface area contributed by atoms with Gasteiger partial charge in [0.1, 0.15) is 0 Å². The number of hydrogen-bond donors (Lipinski definition) is 1. The number of amides is 2. The number of hydroxylamine groups is 3. The van der Waals surface area contributed by atoms with Gasteiger partial charge in [0.2, 0.25) is 0 Å². The molecule has 0 aromatic carbocycles. The van der Waals surface area contributed by atoms with Gasteiger partial charge in [-0.1, -0.05) is 12.0 Å². The van der Waals surface area contributed by atoms with Crippen LogP contribution in [0.2, 0.25) is 0 Å². The molecule has 0 aromatic heterocycles. The topological polar surface area (TPSA) is 84.9 Å². The summed E-state index contributed by atoms with van der Waals surface area (Å²) in [5.74, 6) is -1.54. The second-order valence-corrected chi connectivity index (χ2v) is 2.78. The largest absolute Gasteiger partial charge is 0.553 e. The van der Waals surface area contributed by atoms with E-state index in [2.05, 4.69) is 15.2 Å². The Balaban J connectivity index is 2.56. The molecule has 0 aromatic rings. The second-order valence-electron chi connectivity index (χ2n) is 2.78. The van der Waals surface area contributed by atoms with Crippen molar-refractivity contribution in [1.29, 1.82) is 0 Å². The minimum atomic E-state index is -1.15. The Hall–Kier alpha value is -1.63. The van der Waals surface area contributed by atoms with Crippen molar-refractivity contribution in [2.75, 3.05) is 7.05 Å². The number of carbonyl (C=O) groups is 3. The van der Waals surface area contributed by atoms with Crippen LogP contribution in [-0.2, 0) is 19.3 Å². The maximum absolute atomic E-state index is 11.2. The van der Waals surface area contributed by atoms with Gasteiger partial charge >= 0.3 is 6.16 Å². The Labute approximate surface area is 79.9 Å². The van der Waals surface area contributed by atoms with E-state index in [1.54, 1.807) is 6.92 Å². The smallest absolute Gasteiger partial charge is 0.337 e. The van der Waals surface area contributed by atoms with Crippen molar-refractivity contribution >= 4 is 18.0 Å². The summed E-state index contributed by atoms with van der Waals surface area (Å²) in [6.45, 7) is 1.58. The average Bonchev–Trinajstić information content (AvgIpc) is 2.33. The standard InChI is InChI=1S/C7H10N2O5/c1-4-3-5(10)9(6(4)11)14-7(12)13-8-2/h4,8H,3H2,1-2H3. The molecule has 0 aliphatic carbocycles. The van der Waals surface area contributed by atoms with E-state index in [4.69, 9.17) is 0 Å². The number of nitrogens with one attached hydrogen (secondary N) is 1. The quantitative estimate of drug-likeness (QED) is 0.483. The number of imide groups is 1. The minimum absolute atomic E-state index is 0.0473. The van der Waals surface area contributed by atoms with Gasteiger partial charge in [0, 0.05) is 19.4 Å². The maximum Gasteiger partial charge on any atom is 0.553 e. The van der Waals surface area contributed by atoms with Gasteiger partial charge in [-0.15, -0.1) is 0 Å². The predicted octanol–water partition coefficient (Wildman–Crippen LogP) is -0.416. The monoisotopic (exact) mass is 202 g/mol. The van der Waals surface area contributed by atoms with Crippen LogP contribution in [0.25, 0.3) is 0 Å². The molecular weight excluding hydrogens is 192 g/mol. The van der Waals surface area contributed by atoms with Crippen molar-refractivity contribution in [3.63, 3.8) is 0 Å². The molecule has 0 spiro atoms. The van der Waals surface area contributed by atoms with Crippen LogP contribution in [0, 0.1) is 5.92 Å². The number of nitrogens with zero attached hydrogens (tertiary/aromatic N) is 1. The van der Waals surface area contributed by atoms with Crippen molar-refractivity contribution in [3.05, 3.63) is 0 Å². The third-order valence-corrected chi connectivity index (χ3v) is 1.68. The van der Waals surface area contributed by atoms with E-state index in [1.807, 2.05) is 0 Å². The zero-order chi connectivity index (χ0) is 10.7. The Morgan fingerprint density at radius 2 is 2.21 bits per heavy atom. The first-order valence-corrected chi connectivity index (χ1v) is 3.98. The lowest BCUT2D eigenvalue weighted by molar-refractivity contribution is -0.179. The molecule has 1 heterocycles. The van der Waals surface area contributed by atoms with Gasteiger partial charge in [0.05, 0.1) is 0 Å². The lowest BCUT2D eigenvalue weighted by Gasteiger charge is -2.11. The highest BCUT2D eigenvalue weighted by Crippen LogP contribution is 2.18. The molecule has 14 heavy (non-hydrogen) atoms. The summed E-state index contributed by atoms with van der Waals surface area (Å²) in [5, 5.41) is 0.421. The highest BCUT2D eigenvalue weighted by molar-refractivity contribution is 6.02. The van der Waals surface area contributed by atoms with Gasteiger partial charge in [0.25, 0.3) is 11.8 Å². The van der Waals surface area contributed by atoms with Crippen LogP contribution in [-0.4, -0.2) is 30.1 Å². The fourth-order valence-corrected chi connectivity index (χ4v) is 1.03. The third-order valence-electron chi connectivity index (χ3n) is 1.68. The molecule has 0 radical (unpaired) electrons. The summed E-state index contributed by atoms with van der Waals surface area (Å²) in [5.41, 5.74) is 2.06. The Kier molecular flexibility index (Phi) is 3.03. The van der Waals surface area contributed by atoms with E-state index in [0.29, 0.717) is 5.06 Å². The van der Waals surface area contributed by atoms with Gasteiger partial charge in [0.15, 0.2) is 0 Å². The molecule has 1 fully saturated rings. The molecule has 7 heteroatoms. The van der Waals surface area contributed by atoms with Crippen LogP contribution >= 0.6 is 0 Å². The molecule has 1 aliphatic rings. The Morgan fingerprint density at radius 3 is 2.64 bits per heavy atom. The van der Waals surface area contributed by atoms with Crippen LogP contribution in [0.1, 0.15) is 13.3 Å². The first-order chi connectivity index (χ1) is 6.56. The van der Waals surface area contributed by atoms with E-state index >= 15 is 0 Å². The van der Waals surface area contributed by atoms with Crippen molar-refractivity contribution in [2.24, 2.45) is 5.92 Å². The lowest BCUT2D eigenvalue weighted by atomic mass is 10.1. The van der Waals surface area contributed by atoms with Crippen molar-refractivity contribution < 1.29 is 24.1 Å². The summed E-state index contributed by atoms with van der Waals surface area (Å²) < 4.78 is 0. The van der Waals surface area contributed by atoms with Crippen LogP contribution in [0.3, 0.4) is 0 Å². The summed E-state index contributed by atoms with van der Waals surface area (Å²) in [4.78, 5) is 41.6. The predicted molar refractivity (Wildman–Crippen MR) is 42.3 cm³/mol. The lowest BCUT2D eigenvalue weighted by Crippen LogP contribution is -2.34. The first-order valence-electron chi connectivity index (χ1n) is 3.98. The van der Waals surface area contributed by atoms with E-state index in [-0.39, 0.29) is 6.42 Å². The van der Waals surface area contributed by atoms with Crippen molar-refractivity contribution in [2.45, 2.75) is 13.3 Å². The van der Waals surface area contributed by atoms with Crippen molar-refractivity contribution in [3.8, 4) is 0 Å². The summed E-state index contributed by atoms with van der Waals surface area (Å²) in [6.07, 6.45) is -1.10. The zero-order valence-corrected chi connectivity index (χ0v) is 7.77. The van der Waals surface area contributed by atoms with Gasteiger partial charge in [-0.25, -0.2) is 0 Å². The zero-order valence-electron chi connectivity index (χ0n) is 7.77. The number of rotatable bonds is 2. The first kappa shape index (κ1) is 10.5. The average molecular weight is 202 g/mol. The summed E-state index contributed by atoms with van der Waals surface area (Å²) in [6, 6.07) is 0. The molecule has 7 nitrogen and oxygen atoms in total. The number of carbonyl (C=O) groups excluding carboxylic acids is 3. The van der Waals surface area contributed by atoms with Gasteiger partial charge in [-0.2, -0.15) is 10.3 Å². The summed E-state index contributed by atoms with van der Waals surface area (Å²) >= 11 is 0. The Bertz CT molecular complexity index is 277. The molecular formula is C7H10N2O5. The molecule has 0 saturated carbocycles. The van der Waals surface area contributed by atoms with Crippen LogP contribution in [0.4, 0.5) is 4.79 Å². The molecule has 2 amide bonds. The minimum Gasteiger partial charge on any atom is -0.337 e. The van der Waals surface area contributed by atoms with Crippen molar-refractivity contribution in [1.82, 2.24) is 10.5 Å². The van der Waals surface area contributed by atoms with Crippen LogP contribution < -0.4 is 5.48 Å². The van der Waals surface area contributed by atoms with Gasteiger partial charge in [-0.3, -0.25) is 14.4 Å².